The first-order chi connectivity index (χ1) is 23.3. The number of aliphatic carboxylic acids is 2. The van der Waals surface area contributed by atoms with Crippen molar-refractivity contribution in [3.05, 3.63) is 131 Å². The zero-order chi connectivity index (χ0) is 35.6. The normalized spacial score (nSPS) is 12.0. The molecule has 0 aliphatic heterocycles. The average molecular weight is 671 g/mol. The zero-order valence-corrected chi connectivity index (χ0v) is 28.2. The molecule has 10 heteroatoms. The summed E-state index contributed by atoms with van der Waals surface area (Å²) in [7, 11) is 0. The molecule has 0 aliphatic carbocycles. The van der Waals surface area contributed by atoms with E-state index >= 15 is 0 Å². The Labute approximate surface area is 287 Å². The predicted octanol–water partition coefficient (Wildman–Crippen LogP) is 6.79. The van der Waals surface area contributed by atoms with Gasteiger partial charge in [-0.3, -0.25) is 9.59 Å². The maximum absolute atomic E-state index is 12.0. The van der Waals surface area contributed by atoms with Gasteiger partial charge in [0, 0.05) is 12.1 Å². The molecule has 0 bridgehead atoms. The van der Waals surface area contributed by atoms with E-state index < -0.39 is 29.7 Å². The number of hydrogen-bond acceptors (Lipinski definition) is 7. The van der Waals surface area contributed by atoms with Gasteiger partial charge in [-0.25, -0.2) is 4.79 Å². The molecule has 0 saturated heterocycles. The highest BCUT2D eigenvalue weighted by Crippen LogP contribution is 2.18. The lowest BCUT2D eigenvalue weighted by atomic mass is 10.0. The first-order valence-electron chi connectivity index (χ1n) is 16.0. The van der Waals surface area contributed by atoms with Crippen LogP contribution < -0.4 is 20.5 Å². The number of nitrogens with one attached hydrogen (secondary N) is 1. The fourth-order valence-electron chi connectivity index (χ4n) is 4.67. The lowest BCUT2D eigenvalue weighted by molar-refractivity contribution is -0.138. The molecule has 0 fully saturated rings. The second-order valence-corrected chi connectivity index (χ2v) is 12.5. The number of carbonyl (C=O) groups excluding carboxylic acids is 1. The Bertz CT molecular complexity index is 1570. The minimum atomic E-state index is -0.983. The van der Waals surface area contributed by atoms with Gasteiger partial charge >= 0.3 is 18.0 Å². The van der Waals surface area contributed by atoms with Gasteiger partial charge in [0.2, 0.25) is 0 Å². The molecule has 0 heterocycles. The largest absolute Gasteiger partial charge is 0.489 e. The predicted molar refractivity (Wildman–Crippen MR) is 187 cm³/mol. The summed E-state index contributed by atoms with van der Waals surface area (Å²) in [5, 5.41) is 20.4. The van der Waals surface area contributed by atoms with Crippen LogP contribution in [0.3, 0.4) is 0 Å². The summed E-state index contributed by atoms with van der Waals surface area (Å²) < 4.78 is 16.7. The molecule has 2 atom stereocenters. The molecular formula is C39H46N2O8. The number of nitrogens with two attached hydrogens (primary N) is 1. The molecule has 0 spiro atoms. The van der Waals surface area contributed by atoms with Gasteiger partial charge in [0.1, 0.15) is 30.3 Å². The highest BCUT2D eigenvalue weighted by Gasteiger charge is 2.21. The molecular weight excluding hydrogens is 624 g/mol. The van der Waals surface area contributed by atoms with Crippen LogP contribution in [0.25, 0.3) is 0 Å². The van der Waals surface area contributed by atoms with Gasteiger partial charge in [-0.05, 0) is 80.1 Å². The standard InChI is InChI=1S/C22H27NO5.C17H19NO3/c1-22(2,3)28-21(26)23-18(14-20(24)25)13-16-9-11-19(12-10-16)27-15-17-7-5-4-6-8-17;18-15(11-17(19)20)10-13-6-8-16(9-7-13)21-12-14-4-2-1-3-5-14/h4-12,18H,13-15H2,1-3H3,(H,23,26)(H,24,25);1-9,15H,10-12,18H2,(H,19,20)/t18-;15-/m00/s1. The third kappa shape index (κ3) is 16.4. The van der Waals surface area contributed by atoms with Crippen molar-refractivity contribution in [1.29, 1.82) is 0 Å². The van der Waals surface area contributed by atoms with Crippen LogP contribution >= 0.6 is 0 Å². The van der Waals surface area contributed by atoms with E-state index in [0.29, 0.717) is 26.1 Å². The van der Waals surface area contributed by atoms with Gasteiger partial charge in [-0.1, -0.05) is 84.9 Å². The number of amides is 1. The molecule has 4 rings (SSSR count). The van der Waals surface area contributed by atoms with Crippen molar-refractivity contribution in [2.75, 3.05) is 0 Å². The molecule has 4 aromatic carbocycles. The summed E-state index contributed by atoms with van der Waals surface area (Å²) in [5.74, 6) is -0.342. The van der Waals surface area contributed by atoms with E-state index in [2.05, 4.69) is 5.32 Å². The van der Waals surface area contributed by atoms with Crippen LogP contribution in [0, 0.1) is 0 Å². The van der Waals surface area contributed by atoms with Crippen molar-refractivity contribution in [2.24, 2.45) is 5.73 Å². The Hall–Kier alpha value is -5.35. The topological polar surface area (TPSA) is 157 Å². The quantitative estimate of drug-likeness (QED) is 0.107. The Balaban J connectivity index is 0.000000276. The van der Waals surface area contributed by atoms with E-state index in [0.717, 1.165) is 33.8 Å². The number of alkyl carbamates (subject to hydrolysis) is 1. The Morgan fingerprint density at radius 2 is 1.06 bits per heavy atom. The van der Waals surface area contributed by atoms with E-state index in [1.165, 1.54) is 0 Å². The summed E-state index contributed by atoms with van der Waals surface area (Å²) in [5.41, 5.74) is 9.23. The maximum Gasteiger partial charge on any atom is 0.407 e. The van der Waals surface area contributed by atoms with Crippen molar-refractivity contribution in [3.63, 3.8) is 0 Å². The van der Waals surface area contributed by atoms with E-state index in [4.69, 9.17) is 30.2 Å². The van der Waals surface area contributed by atoms with Crippen LogP contribution in [0.1, 0.15) is 55.9 Å². The first-order valence-corrected chi connectivity index (χ1v) is 16.0. The second kappa shape index (κ2) is 19.5. The minimum absolute atomic E-state index is 0.0216. The Morgan fingerprint density at radius 1 is 0.633 bits per heavy atom. The van der Waals surface area contributed by atoms with Gasteiger partial charge in [0.25, 0.3) is 0 Å². The minimum Gasteiger partial charge on any atom is -0.489 e. The summed E-state index contributed by atoms with van der Waals surface area (Å²) in [6.45, 7) is 6.27. The molecule has 0 aliphatic rings. The SMILES string of the molecule is CC(C)(C)OC(=O)N[C@H](CC(=O)O)Cc1ccc(OCc2ccccc2)cc1.N[C@H](CC(=O)O)Cc1ccc(OCc2ccccc2)cc1. The number of hydrogen-bond donors (Lipinski definition) is 4. The Morgan fingerprint density at radius 3 is 1.47 bits per heavy atom. The van der Waals surface area contributed by atoms with Gasteiger partial charge < -0.3 is 35.5 Å². The number of ether oxygens (including phenoxy) is 3. The first kappa shape index (κ1) is 38.1. The Kier molecular flexibility index (Phi) is 15.1. The molecule has 0 saturated carbocycles. The number of rotatable bonds is 15. The summed E-state index contributed by atoms with van der Waals surface area (Å²) in [6.07, 6.45) is 0.0923. The van der Waals surface area contributed by atoms with Crippen LogP contribution in [0.4, 0.5) is 4.79 Å². The monoisotopic (exact) mass is 670 g/mol. The van der Waals surface area contributed by atoms with Crippen LogP contribution in [0.5, 0.6) is 11.5 Å². The average Bonchev–Trinajstić information content (AvgIpc) is 3.04. The van der Waals surface area contributed by atoms with Gasteiger partial charge in [-0.2, -0.15) is 0 Å². The second-order valence-electron chi connectivity index (χ2n) is 12.5. The summed E-state index contributed by atoms with van der Waals surface area (Å²) >= 11 is 0. The maximum atomic E-state index is 12.0. The molecule has 49 heavy (non-hydrogen) atoms. The van der Waals surface area contributed by atoms with Crippen molar-refractivity contribution in [2.45, 2.75) is 77.4 Å². The van der Waals surface area contributed by atoms with Gasteiger partial charge in [0.05, 0.1) is 12.8 Å². The lowest BCUT2D eigenvalue weighted by Gasteiger charge is -2.23. The van der Waals surface area contributed by atoms with Crippen LogP contribution in [-0.4, -0.2) is 45.9 Å². The number of carboxylic acids is 2. The van der Waals surface area contributed by atoms with Crippen molar-refractivity contribution in [1.82, 2.24) is 5.32 Å². The van der Waals surface area contributed by atoms with E-state index in [1.54, 1.807) is 20.8 Å². The van der Waals surface area contributed by atoms with Gasteiger partial charge in [0.15, 0.2) is 0 Å². The van der Waals surface area contributed by atoms with Crippen molar-refractivity contribution in [3.8, 4) is 11.5 Å². The van der Waals surface area contributed by atoms with E-state index in [1.807, 2.05) is 109 Å². The third-order valence-electron chi connectivity index (χ3n) is 6.90. The third-order valence-corrected chi connectivity index (χ3v) is 6.90. The molecule has 0 unspecified atom stereocenters. The molecule has 10 nitrogen and oxygen atoms in total. The number of benzene rings is 4. The molecule has 0 radical (unpaired) electrons. The number of carbonyl (C=O) groups is 3. The van der Waals surface area contributed by atoms with E-state index in [9.17, 15) is 14.4 Å². The summed E-state index contributed by atoms with van der Waals surface area (Å²) in [4.78, 5) is 33.7. The molecule has 4 aromatic rings. The molecule has 1 amide bonds. The van der Waals surface area contributed by atoms with Crippen molar-refractivity contribution < 1.29 is 38.8 Å². The fraction of sp³-hybridized carbons (Fsp3) is 0.308. The van der Waals surface area contributed by atoms with Crippen molar-refractivity contribution >= 4 is 18.0 Å². The summed E-state index contributed by atoms with van der Waals surface area (Å²) in [6, 6.07) is 33.9. The zero-order valence-electron chi connectivity index (χ0n) is 28.2. The molecule has 5 N–H and O–H groups in total. The van der Waals surface area contributed by atoms with Crippen LogP contribution in [-0.2, 0) is 40.4 Å². The molecule has 0 aromatic heterocycles. The number of carboxylic acid groups (broad SMARTS) is 2. The van der Waals surface area contributed by atoms with E-state index in [-0.39, 0.29) is 18.9 Å². The van der Waals surface area contributed by atoms with Crippen LogP contribution in [0.2, 0.25) is 0 Å². The fourth-order valence-corrected chi connectivity index (χ4v) is 4.67. The highest BCUT2D eigenvalue weighted by atomic mass is 16.6. The molecule has 260 valence electrons. The lowest BCUT2D eigenvalue weighted by Crippen LogP contribution is -2.41. The van der Waals surface area contributed by atoms with Crippen LogP contribution in [0.15, 0.2) is 109 Å². The highest BCUT2D eigenvalue weighted by molar-refractivity contribution is 5.71. The van der Waals surface area contributed by atoms with Gasteiger partial charge in [-0.15, -0.1) is 0 Å². The smallest absolute Gasteiger partial charge is 0.407 e.